The second-order valence-electron chi connectivity index (χ2n) is 3.50. The predicted molar refractivity (Wildman–Crippen MR) is 58.9 cm³/mol. The molecule has 0 saturated carbocycles. The molecular weight excluding hydrogens is 210 g/mol. The Hall–Kier alpha value is -1.63. The van der Waals surface area contributed by atoms with Crippen LogP contribution in [0.3, 0.4) is 0 Å². The Balaban J connectivity index is 2.29. The first-order valence-corrected chi connectivity index (χ1v) is 5.04. The van der Waals surface area contributed by atoms with E-state index in [1.54, 1.807) is 26.0 Å². The van der Waals surface area contributed by atoms with Crippen molar-refractivity contribution < 1.29 is 9.21 Å². The summed E-state index contributed by atoms with van der Waals surface area (Å²) < 4.78 is 5.25. The zero-order valence-electron chi connectivity index (χ0n) is 9.78. The standard InChI is InChI=1S/C9H17N5O2/c1-10-6-7-12-13-9(16-7)11-5-4-8(15)14(2)3/h10H,4-6H2,1-3H3,(H,11,13). The lowest BCUT2D eigenvalue weighted by Crippen LogP contribution is -2.23. The van der Waals surface area contributed by atoms with Gasteiger partial charge in [-0.2, -0.15) is 0 Å². The van der Waals surface area contributed by atoms with Gasteiger partial charge in [-0.1, -0.05) is 5.10 Å². The van der Waals surface area contributed by atoms with Crippen LogP contribution < -0.4 is 10.6 Å². The highest BCUT2D eigenvalue weighted by molar-refractivity contribution is 5.75. The zero-order chi connectivity index (χ0) is 12.0. The number of nitrogens with zero attached hydrogens (tertiary/aromatic N) is 3. The molecule has 0 aromatic carbocycles. The van der Waals surface area contributed by atoms with Crippen LogP contribution in [0.15, 0.2) is 4.42 Å². The number of nitrogens with one attached hydrogen (secondary N) is 2. The van der Waals surface area contributed by atoms with E-state index in [1.165, 1.54) is 0 Å². The van der Waals surface area contributed by atoms with Crippen LogP contribution in [0, 0.1) is 0 Å². The topological polar surface area (TPSA) is 83.3 Å². The van der Waals surface area contributed by atoms with Crippen LogP contribution in [-0.2, 0) is 11.3 Å². The van der Waals surface area contributed by atoms with Crippen molar-refractivity contribution in [2.75, 3.05) is 33.0 Å². The Kier molecular flexibility index (Phi) is 4.71. The fourth-order valence-electron chi connectivity index (χ4n) is 1.05. The summed E-state index contributed by atoms with van der Waals surface area (Å²) in [4.78, 5) is 12.8. The van der Waals surface area contributed by atoms with Crippen LogP contribution >= 0.6 is 0 Å². The van der Waals surface area contributed by atoms with Gasteiger partial charge in [-0.05, 0) is 7.05 Å². The van der Waals surface area contributed by atoms with Crippen molar-refractivity contribution >= 4 is 11.9 Å². The fourth-order valence-corrected chi connectivity index (χ4v) is 1.05. The largest absolute Gasteiger partial charge is 0.407 e. The molecule has 0 fully saturated rings. The maximum absolute atomic E-state index is 11.3. The molecule has 1 aromatic rings. The summed E-state index contributed by atoms with van der Waals surface area (Å²) in [6.45, 7) is 1.02. The summed E-state index contributed by atoms with van der Waals surface area (Å²) in [5.41, 5.74) is 0. The minimum absolute atomic E-state index is 0.0578. The molecule has 0 aliphatic rings. The number of rotatable bonds is 6. The average Bonchev–Trinajstić information content (AvgIpc) is 2.66. The average molecular weight is 227 g/mol. The van der Waals surface area contributed by atoms with Crippen LogP contribution in [0.4, 0.5) is 6.01 Å². The number of carbonyl (C=O) groups is 1. The highest BCUT2D eigenvalue weighted by Crippen LogP contribution is 2.04. The van der Waals surface area contributed by atoms with Crippen LogP contribution in [-0.4, -0.2) is 48.7 Å². The van der Waals surface area contributed by atoms with Gasteiger partial charge in [-0.25, -0.2) is 0 Å². The number of carbonyl (C=O) groups excluding carboxylic acids is 1. The molecule has 0 atom stereocenters. The second-order valence-corrected chi connectivity index (χ2v) is 3.50. The normalized spacial score (nSPS) is 10.2. The third-order valence-electron chi connectivity index (χ3n) is 1.91. The molecule has 2 N–H and O–H groups in total. The van der Waals surface area contributed by atoms with Gasteiger partial charge >= 0.3 is 6.01 Å². The lowest BCUT2D eigenvalue weighted by molar-refractivity contribution is -0.128. The van der Waals surface area contributed by atoms with Gasteiger partial charge in [0.2, 0.25) is 11.8 Å². The minimum Gasteiger partial charge on any atom is -0.407 e. The summed E-state index contributed by atoms with van der Waals surface area (Å²) in [5.74, 6) is 0.575. The van der Waals surface area contributed by atoms with E-state index in [2.05, 4.69) is 20.8 Å². The fraction of sp³-hybridized carbons (Fsp3) is 0.667. The van der Waals surface area contributed by atoms with Gasteiger partial charge in [0.05, 0.1) is 6.54 Å². The van der Waals surface area contributed by atoms with Crippen LogP contribution in [0.1, 0.15) is 12.3 Å². The Labute approximate surface area is 94.2 Å². The quantitative estimate of drug-likeness (QED) is 0.693. The monoisotopic (exact) mass is 227 g/mol. The lowest BCUT2D eigenvalue weighted by Gasteiger charge is -2.09. The molecule has 0 spiro atoms. The maximum atomic E-state index is 11.3. The Morgan fingerprint density at radius 3 is 2.81 bits per heavy atom. The Morgan fingerprint density at radius 2 is 2.19 bits per heavy atom. The first kappa shape index (κ1) is 12.4. The van der Waals surface area contributed by atoms with E-state index >= 15 is 0 Å². The highest BCUT2D eigenvalue weighted by atomic mass is 16.4. The molecule has 1 heterocycles. The van der Waals surface area contributed by atoms with E-state index in [-0.39, 0.29) is 5.91 Å². The molecule has 90 valence electrons. The van der Waals surface area contributed by atoms with E-state index in [1.807, 2.05) is 0 Å². The maximum Gasteiger partial charge on any atom is 0.315 e. The van der Waals surface area contributed by atoms with Gasteiger partial charge < -0.3 is 20.0 Å². The molecule has 7 nitrogen and oxygen atoms in total. The van der Waals surface area contributed by atoms with Crippen molar-refractivity contribution in [3.8, 4) is 0 Å². The minimum atomic E-state index is 0.0578. The molecule has 1 aromatic heterocycles. The summed E-state index contributed by atoms with van der Waals surface area (Å²) in [5, 5.41) is 13.4. The number of aromatic nitrogens is 2. The van der Waals surface area contributed by atoms with Gasteiger partial charge in [-0.15, -0.1) is 5.10 Å². The van der Waals surface area contributed by atoms with Crippen molar-refractivity contribution in [2.45, 2.75) is 13.0 Å². The van der Waals surface area contributed by atoms with E-state index in [4.69, 9.17) is 4.42 Å². The molecule has 1 rings (SSSR count). The van der Waals surface area contributed by atoms with Gasteiger partial charge in [-0.3, -0.25) is 4.79 Å². The molecule has 16 heavy (non-hydrogen) atoms. The van der Waals surface area contributed by atoms with Crippen molar-refractivity contribution in [3.05, 3.63) is 5.89 Å². The zero-order valence-corrected chi connectivity index (χ0v) is 9.78. The van der Waals surface area contributed by atoms with E-state index in [0.29, 0.717) is 31.4 Å². The van der Waals surface area contributed by atoms with Crippen molar-refractivity contribution in [3.63, 3.8) is 0 Å². The van der Waals surface area contributed by atoms with Gasteiger partial charge in [0.25, 0.3) is 0 Å². The summed E-state index contributed by atoms with van der Waals surface area (Å²) in [6.07, 6.45) is 0.400. The van der Waals surface area contributed by atoms with Crippen LogP contribution in [0.25, 0.3) is 0 Å². The van der Waals surface area contributed by atoms with E-state index in [0.717, 1.165) is 0 Å². The van der Waals surface area contributed by atoms with Crippen LogP contribution in [0.5, 0.6) is 0 Å². The first-order chi connectivity index (χ1) is 7.63. The Bertz CT molecular complexity index is 336. The summed E-state index contributed by atoms with van der Waals surface area (Å²) >= 11 is 0. The van der Waals surface area contributed by atoms with Crippen molar-refractivity contribution in [2.24, 2.45) is 0 Å². The van der Waals surface area contributed by atoms with Gasteiger partial charge in [0.1, 0.15) is 0 Å². The molecule has 0 aliphatic carbocycles. The molecular formula is C9H17N5O2. The van der Waals surface area contributed by atoms with E-state index in [9.17, 15) is 4.79 Å². The molecule has 0 saturated heterocycles. The van der Waals surface area contributed by atoms with Crippen molar-refractivity contribution in [1.29, 1.82) is 0 Å². The molecule has 0 bridgehead atoms. The van der Waals surface area contributed by atoms with Gasteiger partial charge in [0, 0.05) is 27.1 Å². The highest BCUT2D eigenvalue weighted by Gasteiger charge is 2.06. The van der Waals surface area contributed by atoms with Gasteiger partial charge in [0.15, 0.2) is 0 Å². The molecule has 0 unspecified atom stereocenters. The smallest absolute Gasteiger partial charge is 0.315 e. The molecule has 1 amide bonds. The molecule has 0 radical (unpaired) electrons. The predicted octanol–water partition coefficient (Wildman–Crippen LogP) is -0.321. The number of hydrogen-bond acceptors (Lipinski definition) is 6. The second kappa shape index (κ2) is 6.06. The lowest BCUT2D eigenvalue weighted by atomic mass is 10.4. The first-order valence-electron chi connectivity index (χ1n) is 5.04. The SMILES string of the molecule is CNCc1nnc(NCCC(=O)N(C)C)o1. The number of amides is 1. The number of hydrogen-bond donors (Lipinski definition) is 2. The van der Waals surface area contributed by atoms with Crippen LogP contribution in [0.2, 0.25) is 0 Å². The van der Waals surface area contributed by atoms with Crippen molar-refractivity contribution in [1.82, 2.24) is 20.4 Å². The van der Waals surface area contributed by atoms with E-state index < -0.39 is 0 Å². The Morgan fingerprint density at radius 1 is 1.44 bits per heavy atom. The number of anilines is 1. The molecule has 0 aliphatic heterocycles. The third kappa shape index (κ3) is 3.85. The molecule has 7 heteroatoms. The summed E-state index contributed by atoms with van der Waals surface area (Å²) in [6, 6.07) is 0.344. The summed E-state index contributed by atoms with van der Waals surface area (Å²) in [7, 11) is 5.24. The third-order valence-corrected chi connectivity index (χ3v) is 1.91.